The highest BCUT2D eigenvalue weighted by Gasteiger charge is 2.15. The van der Waals surface area contributed by atoms with E-state index in [1.807, 2.05) is 41.8 Å². The Balaban J connectivity index is 1.37. The summed E-state index contributed by atoms with van der Waals surface area (Å²) in [4.78, 5) is 36.9. The number of thiazole rings is 1. The fraction of sp³-hybridized carbons (Fsp3) is 0.0870. The van der Waals surface area contributed by atoms with Gasteiger partial charge in [0.15, 0.2) is 15.0 Å². The Hall–Kier alpha value is -3.96. The van der Waals surface area contributed by atoms with Crippen molar-refractivity contribution in [2.24, 2.45) is 0 Å². The molecule has 9 nitrogen and oxygen atoms in total. The molecule has 0 bridgehead atoms. The first-order valence-corrected chi connectivity index (χ1v) is 12.8. The fourth-order valence-electron chi connectivity index (χ4n) is 3.05. The van der Waals surface area contributed by atoms with Crippen LogP contribution in [0.1, 0.15) is 10.5 Å². The van der Waals surface area contributed by atoms with Gasteiger partial charge >= 0.3 is 0 Å². The quantitative estimate of drug-likeness (QED) is 0.404. The molecule has 0 atom stereocenters. The van der Waals surface area contributed by atoms with E-state index in [4.69, 9.17) is 0 Å². The van der Waals surface area contributed by atoms with E-state index in [1.54, 1.807) is 12.4 Å². The predicted octanol–water partition coefficient (Wildman–Crippen LogP) is 3.04. The van der Waals surface area contributed by atoms with Gasteiger partial charge in [-0.2, -0.15) is 0 Å². The molecule has 34 heavy (non-hydrogen) atoms. The monoisotopic (exact) mass is 493 g/mol. The maximum absolute atomic E-state index is 12.3. The molecule has 0 aliphatic carbocycles. The third kappa shape index (κ3) is 5.69. The van der Waals surface area contributed by atoms with Crippen molar-refractivity contribution in [2.75, 3.05) is 18.1 Å². The van der Waals surface area contributed by atoms with E-state index in [0.29, 0.717) is 10.8 Å². The highest BCUT2D eigenvalue weighted by atomic mass is 32.2. The lowest BCUT2D eigenvalue weighted by molar-refractivity contribution is -0.115. The van der Waals surface area contributed by atoms with Crippen molar-refractivity contribution in [2.45, 2.75) is 4.90 Å². The second-order valence-corrected chi connectivity index (χ2v) is 10.1. The highest BCUT2D eigenvalue weighted by Crippen LogP contribution is 2.28. The van der Waals surface area contributed by atoms with Crippen molar-refractivity contribution in [3.8, 4) is 22.4 Å². The van der Waals surface area contributed by atoms with Gasteiger partial charge in [-0.3, -0.25) is 19.6 Å². The summed E-state index contributed by atoms with van der Waals surface area (Å²) >= 11 is 1.26. The van der Waals surface area contributed by atoms with Crippen LogP contribution in [-0.2, 0) is 14.6 Å². The van der Waals surface area contributed by atoms with Gasteiger partial charge in [0, 0.05) is 35.8 Å². The Morgan fingerprint density at radius 2 is 1.74 bits per heavy atom. The molecule has 2 N–H and O–H groups in total. The lowest BCUT2D eigenvalue weighted by Gasteiger charge is -2.06. The standard InChI is InChI=1S/C23H19N5O4S2/c1-34(31,32)18-7-10-25-19(12-18)22(30)26-13-21(29)28-23-27-20(14-33-23)17-4-2-3-16(11-17)15-5-8-24-9-6-15/h2-12,14H,13H2,1H3,(H,26,30)(H,27,28,29). The number of amides is 2. The number of hydrogen-bond donors (Lipinski definition) is 2. The molecule has 4 aromatic rings. The zero-order chi connectivity index (χ0) is 24.1. The van der Waals surface area contributed by atoms with E-state index in [0.717, 1.165) is 29.0 Å². The summed E-state index contributed by atoms with van der Waals surface area (Å²) < 4.78 is 23.3. The van der Waals surface area contributed by atoms with Crippen LogP contribution in [-0.4, -0.2) is 48.0 Å². The number of aromatic nitrogens is 3. The number of pyridine rings is 2. The first kappa shape index (κ1) is 23.2. The second kappa shape index (κ2) is 9.89. The van der Waals surface area contributed by atoms with Crippen molar-refractivity contribution < 1.29 is 18.0 Å². The summed E-state index contributed by atoms with van der Waals surface area (Å²) in [6, 6.07) is 14.2. The summed E-state index contributed by atoms with van der Waals surface area (Å²) in [5.41, 5.74) is 3.57. The minimum atomic E-state index is -3.48. The lowest BCUT2D eigenvalue weighted by atomic mass is 10.0. The van der Waals surface area contributed by atoms with Crippen LogP contribution < -0.4 is 10.6 Å². The van der Waals surface area contributed by atoms with E-state index in [1.165, 1.54) is 23.6 Å². The van der Waals surface area contributed by atoms with Gasteiger partial charge in [0.25, 0.3) is 5.91 Å². The molecule has 0 fully saturated rings. The normalized spacial score (nSPS) is 11.1. The molecule has 0 radical (unpaired) electrons. The maximum atomic E-state index is 12.3. The van der Waals surface area contributed by atoms with E-state index < -0.39 is 21.7 Å². The molecule has 0 aliphatic heterocycles. The Labute approximate surface area is 199 Å². The van der Waals surface area contributed by atoms with Gasteiger partial charge in [-0.25, -0.2) is 13.4 Å². The summed E-state index contributed by atoms with van der Waals surface area (Å²) in [6.45, 7) is -0.323. The van der Waals surface area contributed by atoms with Crippen molar-refractivity contribution in [3.05, 3.63) is 78.2 Å². The number of hydrogen-bond acceptors (Lipinski definition) is 8. The highest BCUT2D eigenvalue weighted by molar-refractivity contribution is 7.90. The van der Waals surface area contributed by atoms with Crippen molar-refractivity contribution in [1.29, 1.82) is 0 Å². The van der Waals surface area contributed by atoms with E-state index in [9.17, 15) is 18.0 Å². The largest absolute Gasteiger partial charge is 0.342 e. The third-order valence-electron chi connectivity index (χ3n) is 4.72. The van der Waals surface area contributed by atoms with Crippen LogP contribution in [0.4, 0.5) is 5.13 Å². The Morgan fingerprint density at radius 1 is 0.971 bits per heavy atom. The number of anilines is 1. The molecule has 0 saturated heterocycles. The van der Waals surface area contributed by atoms with Gasteiger partial charge in [0.1, 0.15) is 5.69 Å². The molecule has 0 saturated carbocycles. The third-order valence-corrected chi connectivity index (χ3v) is 6.59. The summed E-state index contributed by atoms with van der Waals surface area (Å²) in [7, 11) is -3.48. The molecule has 1 aromatic carbocycles. The molecule has 172 valence electrons. The zero-order valence-corrected chi connectivity index (χ0v) is 19.6. The van der Waals surface area contributed by atoms with Crippen molar-refractivity contribution >= 4 is 38.1 Å². The van der Waals surface area contributed by atoms with Crippen LogP contribution in [0, 0.1) is 0 Å². The molecule has 0 aliphatic rings. The molecular formula is C23H19N5O4S2. The first-order valence-electron chi connectivity index (χ1n) is 10.00. The molecule has 3 heterocycles. The predicted molar refractivity (Wildman–Crippen MR) is 129 cm³/mol. The lowest BCUT2D eigenvalue weighted by Crippen LogP contribution is -2.33. The van der Waals surface area contributed by atoms with Crippen molar-refractivity contribution in [1.82, 2.24) is 20.3 Å². The topological polar surface area (TPSA) is 131 Å². The minimum Gasteiger partial charge on any atom is -0.342 e. The van der Waals surface area contributed by atoms with E-state index in [2.05, 4.69) is 25.6 Å². The average Bonchev–Trinajstić information content (AvgIpc) is 3.31. The number of nitrogens with one attached hydrogen (secondary N) is 2. The SMILES string of the molecule is CS(=O)(=O)c1ccnc(C(=O)NCC(=O)Nc2nc(-c3cccc(-c4ccncc4)c3)cs2)c1. The smallest absolute Gasteiger partial charge is 0.270 e. The van der Waals surface area contributed by atoms with Gasteiger partial charge in [0.2, 0.25) is 5.91 Å². The number of carbonyl (C=O) groups excluding carboxylic acids is 2. The Bertz CT molecular complexity index is 1450. The van der Waals surface area contributed by atoms with Crippen LogP contribution in [0.25, 0.3) is 22.4 Å². The molecule has 3 aromatic heterocycles. The molecule has 2 amide bonds. The van der Waals surface area contributed by atoms with Crippen molar-refractivity contribution in [3.63, 3.8) is 0 Å². The van der Waals surface area contributed by atoms with Gasteiger partial charge < -0.3 is 10.6 Å². The molecule has 0 unspecified atom stereocenters. The zero-order valence-electron chi connectivity index (χ0n) is 17.9. The van der Waals surface area contributed by atoms with Crippen LogP contribution in [0.15, 0.2) is 77.4 Å². The van der Waals surface area contributed by atoms with Crippen LogP contribution in [0.3, 0.4) is 0 Å². The number of carbonyl (C=O) groups is 2. The van der Waals surface area contributed by atoms with Crippen LogP contribution in [0.2, 0.25) is 0 Å². The summed E-state index contributed by atoms with van der Waals surface area (Å²) in [5.74, 6) is -1.13. The summed E-state index contributed by atoms with van der Waals surface area (Å²) in [6.07, 6.45) is 5.73. The number of benzene rings is 1. The molecule has 0 spiro atoms. The van der Waals surface area contributed by atoms with Crippen LogP contribution >= 0.6 is 11.3 Å². The maximum Gasteiger partial charge on any atom is 0.270 e. The first-order chi connectivity index (χ1) is 16.3. The van der Waals surface area contributed by atoms with Gasteiger partial charge in [-0.1, -0.05) is 18.2 Å². The second-order valence-electron chi connectivity index (χ2n) is 7.23. The van der Waals surface area contributed by atoms with E-state index in [-0.39, 0.29) is 17.1 Å². The number of nitrogens with zero attached hydrogens (tertiary/aromatic N) is 3. The minimum absolute atomic E-state index is 0.0274. The van der Waals surface area contributed by atoms with E-state index >= 15 is 0 Å². The van der Waals surface area contributed by atoms with Crippen LogP contribution in [0.5, 0.6) is 0 Å². The molecular weight excluding hydrogens is 474 g/mol. The Kier molecular flexibility index (Phi) is 6.75. The van der Waals surface area contributed by atoms with Gasteiger partial charge in [-0.05, 0) is 41.5 Å². The summed E-state index contributed by atoms with van der Waals surface area (Å²) in [5, 5.41) is 7.30. The molecule has 4 rings (SSSR count). The molecule has 11 heteroatoms. The van der Waals surface area contributed by atoms with Gasteiger partial charge in [-0.15, -0.1) is 11.3 Å². The fourth-order valence-corrected chi connectivity index (χ4v) is 4.42. The van der Waals surface area contributed by atoms with Gasteiger partial charge in [0.05, 0.1) is 17.1 Å². The number of rotatable bonds is 7. The number of sulfone groups is 1. The average molecular weight is 494 g/mol. The Morgan fingerprint density at radius 3 is 2.50 bits per heavy atom.